The van der Waals surface area contributed by atoms with Gasteiger partial charge in [0, 0.05) is 38.4 Å². The lowest BCUT2D eigenvalue weighted by atomic mass is 9.96. The van der Waals surface area contributed by atoms with Gasteiger partial charge in [0.1, 0.15) is 0 Å². The van der Waals surface area contributed by atoms with E-state index in [1.807, 2.05) is 35.2 Å². The molecule has 2 aliphatic heterocycles. The summed E-state index contributed by atoms with van der Waals surface area (Å²) in [7, 11) is 0. The highest BCUT2D eigenvalue weighted by atomic mass is 16.5. The van der Waals surface area contributed by atoms with Crippen molar-refractivity contribution in [2.24, 2.45) is 5.92 Å². The van der Waals surface area contributed by atoms with Crippen LogP contribution in [-0.2, 0) is 4.74 Å². The first kappa shape index (κ1) is 17.2. The van der Waals surface area contributed by atoms with Crippen LogP contribution in [0.4, 0.5) is 10.5 Å². The van der Waals surface area contributed by atoms with Crippen molar-refractivity contribution in [3.63, 3.8) is 0 Å². The molecule has 2 fully saturated rings. The zero-order chi connectivity index (χ0) is 16.9. The van der Waals surface area contributed by atoms with E-state index >= 15 is 0 Å². The molecule has 2 unspecified atom stereocenters. The van der Waals surface area contributed by atoms with E-state index in [4.69, 9.17) is 4.74 Å². The van der Waals surface area contributed by atoms with Gasteiger partial charge in [-0.05, 0) is 44.7 Å². The first-order chi connectivity index (χ1) is 11.6. The lowest BCUT2D eigenvalue weighted by molar-refractivity contribution is -0.0728. The highest BCUT2D eigenvalue weighted by Gasteiger charge is 2.27. The maximum atomic E-state index is 12.3. The molecule has 2 atom stereocenters. The van der Waals surface area contributed by atoms with Gasteiger partial charge in [-0.3, -0.25) is 4.90 Å². The van der Waals surface area contributed by atoms with Crippen LogP contribution in [-0.4, -0.2) is 60.8 Å². The van der Waals surface area contributed by atoms with Crippen molar-refractivity contribution in [2.45, 2.75) is 38.9 Å². The zero-order valence-electron chi connectivity index (χ0n) is 14.8. The van der Waals surface area contributed by atoms with Crippen LogP contribution >= 0.6 is 0 Å². The van der Waals surface area contributed by atoms with E-state index in [-0.39, 0.29) is 6.03 Å². The van der Waals surface area contributed by atoms with Crippen molar-refractivity contribution in [1.29, 1.82) is 0 Å². The normalized spacial score (nSPS) is 26.3. The number of morpholine rings is 1. The van der Waals surface area contributed by atoms with Crippen LogP contribution in [0.15, 0.2) is 30.3 Å². The number of amides is 2. The number of ether oxygens (including phenoxy) is 1. The Labute approximate surface area is 145 Å². The Morgan fingerprint density at radius 3 is 2.38 bits per heavy atom. The molecular weight excluding hydrogens is 302 g/mol. The summed E-state index contributed by atoms with van der Waals surface area (Å²) in [6, 6.07) is 9.69. The maximum absolute atomic E-state index is 12.3. The van der Waals surface area contributed by atoms with Crippen LogP contribution < -0.4 is 5.32 Å². The molecule has 0 spiro atoms. The Morgan fingerprint density at radius 1 is 1.12 bits per heavy atom. The number of carbonyl (C=O) groups excluding carboxylic acids is 1. The number of nitrogens with zero attached hydrogens (tertiary/aromatic N) is 2. The Kier molecular flexibility index (Phi) is 5.74. The van der Waals surface area contributed by atoms with Gasteiger partial charge >= 0.3 is 6.03 Å². The molecule has 2 saturated heterocycles. The molecule has 2 amide bonds. The number of hydrogen-bond acceptors (Lipinski definition) is 3. The number of carbonyl (C=O) groups is 1. The third-order valence-electron chi connectivity index (χ3n) is 4.94. The number of para-hydroxylation sites is 1. The van der Waals surface area contributed by atoms with E-state index < -0.39 is 0 Å². The van der Waals surface area contributed by atoms with E-state index in [1.165, 1.54) is 0 Å². The number of piperidine rings is 1. The Morgan fingerprint density at radius 2 is 1.75 bits per heavy atom. The summed E-state index contributed by atoms with van der Waals surface area (Å²) in [4.78, 5) is 16.8. The van der Waals surface area contributed by atoms with Crippen molar-refractivity contribution < 1.29 is 9.53 Å². The summed E-state index contributed by atoms with van der Waals surface area (Å²) < 4.78 is 5.81. The van der Waals surface area contributed by atoms with Gasteiger partial charge in [-0.1, -0.05) is 18.2 Å². The summed E-state index contributed by atoms with van der Waals surface area (Å²) in [5.41, 5.74) is 0.862. The van der Waals surface area contributed by atoms with E-state index in [0.29, 0.717) is 18.1 Å². The fraction of sp³-hybridized carbons (Fsp3) is 0.632. The molecule has 24 heavy (non-hydrogen) atoms. The van der Waals surface area contributed by atoms with Crippen LogP contribution in [0.2, 0.25) is 0 Å². The van der Waals surface area contributed by atoms with Gasteiger partial charge in [0.25, 0.3) is 0 Å². The molecular formula is C19H29N3O2. The number of rotatable bonds is 3. The van der Waals surface area contributed by atoms with Gasteiger partial charge in [-0.15, -0.1) is 0 Å². The van der Waals surface area contributed by atoms with Crippen molar-refractivity contribution in [3.8, 4) is 0 Å². The summed E-state index contributed by atoms with van der Waals surface area (Å²) in [6.45, 7) is 9.18. The Balaban J connectivity index is 1.43. The predicted octanol–water partition coefficient (Wildman–Crippen LogP) is 3.04. The molecule has 1 N–H and O–H groups in total. The lowest BCUT2D eigenvalue weighted by Crippen LogP contribution is -2.49. The highest BCUT2D eigenvalue weighted by Crippen LogP contribution is 2.21. The van der Waals surface area contributed by atoms with Crippen molar-refractivity contribution in [1.82, 2.24) is 9.80 Å². The maximum Gasteiger partial charge on any atom is 0.321 e. The summed E-state index contributed by atoms with van der Waals surface area (Å²) in [5.74, 6) is 0.684. The van der Waals surface area contributed by atoms with Crippen LogP contribution in [0.5, 0.6) is 0 Å². The van der Waals surface area contributed by atoms with Gasteiger partial charge in [-0.25, -0.2) is 4.79 Å². The van der Waals surface area contributed by atoms with E-state index in [2.05, 4.69) is 24.1 Å². The topological polar surface area (TPSA) is 44.8 Å². The molecule has 132 valence electrons. The number of benzene rings is 1. The minimum absolute atomic E-state index is 0.0215. The molecule has 1 aromatic rings. The Bertz CT molecular complexity index is 519. The monoisotopic (exact) mass is 331 g/mol. The smallest absolute Gasteiger partial charge is 0.321 e. The molecule has 3 rings (SSSR count). The number of urea groups is 1. The largest absolute Gasteiger partial charge is 0.373 e. The average Bonchev–Trinajstić information content (AvgIpc) is 2.55. The molecule has 2 heterocycles. The fourth-order valence-electron chi connectivity index (χ4n) is 3.84. The highest BCUT2D eigenvalue weighted by molar-refractivity contribution is 5.89. The molecule has 0 aliphatic carbocycles. The zero-order valence-corrected chi connectivity index (χ0v) is 14.8. The molecule has 0 radical (unpaired) electrons. The molecule has 1 aromatic carbocycles. The van der Waals surface area contributed by atoms with E-state index in [0.717, 1.165) is 51.3 Å². The fourth-order valence-corrected chi connectivity index (χ4v) is 3.84. The van der Waals surface area contributed by atoms with Crippen molar-refractivity contribution >= 4 is 11.7 Å². The van der Waals surface area contributed by atoms with Gasteiger partial charge in [0.15, 0.2) is 0 Å². The third kappa shape index (κ3) is 4.71. The third-order valence-corrected chi connectivity index (χ3v) is 4.94. The van der Waals surface area contributed by atoms with Gasteiger partial charge in [0.05, 0.1) is 12.2 Å². The molecule has 5 nitrogen and oxygen atoms in total. The van der Waals surface area contributed by atoms with Gasteiger partial charge < -0.3 is 15.0 Å². The molecule has 0 saturated carbocycles. The minimum atomic E-state index is 0.0215. The summed E-state index contributed by atoms with van der Waals surface area (Å²) >= 11 is 0. The lowest BCUT2D eigenvalue weighted by Gasteiger charge is -2.39. The predicted molar refractivity (Wildman–Crippen MR) is 96.2 cm³/mol. The van der Waals surface area contributed by atoms with Gasteiger partial charge in [0.2, 0.25) is 0 Å². The quantitative estimate of drug-likeness (QED) is 0.926. The second-order valence-electron chi connectivity index (χ2n) is 7.20. The molecule has 2 aliphatic rings. The van der Waals surface area contributed by atoms with E-state index in [1.54, 1.807) is 0 Å². The van der Waals surface area contributed by atoms with Crippen LogP contribution in [0.3, 0.4) is 0 Å². The second kappa shape index (κ2) is 7.99. The minimum Gasteiger partial charge on any atom is -0.373 e. The second-order valence-corrected chi connectivity index (χ2v) is 7.20. The van der Waals surface area contributed by atoms with E-state index in [9.17, 15) is 4.79 Å². The average molecular weight is 331 g/mol. The first-order valence-electron chi connectivity index (χ1n) is 9.09. The first-order valence-corrected chi connectivity index (χ1v) is 9.09. The van der Waals surface area contributed by atoms with Crippen molar-refractivity contribution in [3.05, 3.63) is 30.3 Å². The number of hydrogen-bond donors (Lipinski definition) is 1. The summed E-state index contributed by atoms with van der Waals surface area (Å²) in [6.07, 6.45) is 2.82. The summed E-state index contributed by atoms with van der Waals surface area (Å²) in [5, 5.41) is 2.98. The van der Waals surface area contributed by atoms with Gasteiger partial charge in [-0.2, -0.15) is 0 Å². The molecule has 0 aromatic heterocycles. The van der Waals surface area contributed by atoms with Crippen LogP contribution in [0.1, 0.15) is 26.7 Å². The SMILES string of the molecule is CC1CN(CC2CCN(C(=O)Nc3ccccc3)CC2)CC(C)O1. The Hall–Kier alpha value is -1.59. The number of likely N-dealkylation sites (tertiary alicyclic amines) is 1. The number of nitrogens with one attached hydrogen (secondary N) is 1. The standard InChI is InChI=1S/C19H29N3O2/c1-15-12-21(13-16(2)24-15)14-17-8-10-22(11-9-17)19(23)20-18-6-4-3-5-7-18/h3-7,15-17H,8-14H2,1-2H3,(H,20,23). The van der Waals surface area contributed by atoms with Crippen LogP contribution in [0.25, 0.3) is 0 Å². The van der Waals surface area contributed by atoms with Crippen molar-refractivity contribution in [2.75, 3.05) is 38.0 Å². The number of anilines is 1. The molecule has 0 bridgehead atoms. The molecule has 5 heteroatoms. The van der Waals surface area contributed by atoms with Crippen LogP contribution in [0, 0.1) is 5.92 Å².